The highest BCUT2D eigenvalue weighted by Gasteiger charge is 2.26. The second kappa shape index (κ2) is 7.08. The van der Waals surface area contributed by atoms with E-state index in [1.54, 1.807) is 29.2 Å². The molecule has 2 aromatic carbocycles. The van der Waals surface area contributed by atoms with Gasteiger partial charge in [-0.2, -0.15) is 5.26 Å². The van der Waals surface area contributed by atoms with Crippen LogP contribution < -0.4 is 0 Å². The normalized spacial score (nSPS) is 17.5. The van der Waals surface area contributed by atoms with Crippen molar-refractivity contribution >= 4 is 5.91 Å². The molecule has 0 aromatic heterocycles. The zero-order valence-electron chi connectivity index (χ0n) is 12.8. The molecule has 2 aromatic rings. The van der Waals surface area contributed by atoms with Gasteiger partial charge < -0.3 is 9.64 Å². The van der Waals surface area contributed by atoms with E-state index in [4.69, 9.17) is 10.00 Å². The van der Waals surface area contributed by atoms with E-state index in [0.29, 0.717) is 30.8 Å². The molecule has 0 N–H and O–H groups in total. The number of carbonyl (C=O) groups is 1. The second-order valence-electron chi connectivity index (χ2n) is 5.59. The van der Waals surface area contributed by atoms with Crippen LogP contribution in [0.2, 0.25) is 0 Å². The van der Waals surface area contributed by atoms with Crippen LogP contribution in [0.15, 0.2) is 54.6 Å². The van der Waals surface area contributed by atoms with Gasteiger partial charge >= 0.3 is 0 Å². The lowest BCUT2D eigenvalue weighted by Crippen LogP contribution is -2.46. The predicted molar refractivity (Wildman–Crippen MR) is 86.9 cm³/mol. The molecule has 1 heterocycles. The van der Waals surface area contributed by atoms with Gasteiger partial charge in [-0.25, -0.2) is 0 Å². The van der Waals surface area contributed by atoms with Crippen molar-refractivity contribution in [2.45, 2.75) is 12.5 Å². The van der Waals surface area contributed by atoms with Crippen LogP contribution in [0.4, 0.5) is 0 Å². The van der Waals surface area contributed by atoms with E-state index in [-0.39, 0.29) is 12.0 Å². The number of nitriles is 1. The number of rotatable bonds is 3. The van der Waals surface area contributed by atoms with Crippen LogP contribution in [0.25, 0.3) is 0 Å². The third-order valence-corrected chi connectivity index (χ3v) is 4.01. The summed E-state index contributed by atoms with van der Waals surface area (Å²) in [6, 6.07) is 19.2. The highest BCUT2D eigenvalue weighted by atomic mass is 16.5. The lowest BCUT2D eigenvalue weighted by Gasteiger charge is -2.33. The van der Waals surface area contributed by atoms with Gasteiger partial charge in [-0.1, -0.05) is 42.5 Å². The minimum absolute atomic E-state index is 0.00986. The Morgan fingerprint density at radius 2 is 1.91 bits per heavy atom. The standard InChI is InChI=1S/C19H18N2O2/c20-13-16-8-4-5-9-18(16)19(22)21-10-11-23-17(14-21)12-15-6-2-1-3-7-15/h1-9,17H,10-12,14H2. The van der Waals surface area contributed by atoms with Gasteiger partial charge in [0.05, 0.1) is 29.9 Å². The van der Waals surface area contributed by atoms with Crippen LogP contribution in [0.1, 0.15) is 21.5 Å². The lowest BCUT2D eigenvalue weighted by atomic mass is 10.0. The van der Waals surface area contributed by atoms with Crippen molar-refractivity contribution in [3.8, 4) is 6.07 Å². The molecule has 1 aliphatic heterocycles. The summed E-state index contributed by atoms with van der Waals surface area (Å²) < 4.78 is 5.80. The molecule has 1 saturated heterocycles. The van der Waals surface area contributed by atoms with Gasteiger partial charge in [0.15, 0.2) is 0 Å². The summed E-state index contributed by atoms with van der Waals surface area (Å²) >= 11 is 0. The molecular weight excluding hydrogens is 288 g/mol. The van der Waals surface area contributed by atoms with Crippen molar-refractivity contribution in [2.24, 2.45) is 0 Å². The minimum Gasteiger partial charge on any atom is -0.374 e. The van der Waals surface area contributed by atoms with Gasteiger partial charge in [0, 0.05) is 19.5 Å². The Bertz CT molecular complexity index is 722. The fourth-order valence-electron chi connectivity index (χ4n) is 2.84. The first-order valence-electron chi connectivity index (χ1n) is 7.72. The molecule has 4 heteroatoms. The summed E-state index contributed by atoms with van der Waals surface area (Å²) in [5.74, 6) is -0.0940. The molecule has 0 spiro atoms. The second-order valence-corrected chi connectivity index (χ2v) is 5.59. The maximum atomic E-state index is 12.7. The summed E-state index contributed by atoms with van der Waals surface area (Å²) in [4.78, 5) is 14.5. The van der Waals surface area contributed by atoms with Gasteiger partial charge in [-0.15, -0.1) is 0 Å². The maximum absolute atomic E-state index is 12.7. The molecule has 0 saturated carbocycles. The average Bonchev–Trinajstić information content (AvgIpc) is 2.62. The number of carbonyl (C=O) groups excluding carboxylic acids is 1. The molecule has 1 atom stereocenters. The summed E-state index contributed by atoms with van der Waals surface area (Å²) in [5, 5.41) is 9.17. The first-order valence-corrected chi connectivity index (χ1v) is 7.72. The number of nitrogens with zero attached hydrogens (tertiary/aromatic N) is 2. The van der Waals surface area contributed by atoms with Gasteiger partial charge in [-0.3, -0.25) is 4.79 Å². The molecule has 1 fully saturated rings. The molecule has 1 unspecified atom stereocenters. The van der Waals surface area contributed by atoms with Crippen molar-refractivity contribution in [2.75, 3.05) is 19.7 Å². The van der Waals surface area contributed by atoms with E-state index in [9.17, 15) is 4.79 Å². The van der Waals surface area contributed by atoms with E-state index in [1.807, 2.05) is 18.2 Å². The molecule has 0 bridgehead atoms. The van der Waals surface area contributed by atoms with Crippen LogP contribution in [0.3, 0.4) is 0 Å². The topological polar surface area (TPSA) is 53.3 Å². The van der Waals surface area contributed by atoms with Crippen LogP contribution in [0.5, 0.6) is 0 Å². The van der Waals surface area contributed by atoms with Crippen molar-refractivity contribution in [1.82, 2.24) is 4.90 Å². The Kier molecular flexibility index (Phi) is 4.70. The summed E-state index contributed by atoms with van der Waals surface area (Å²) in [5.41, 5.74) is 2.09. The van der Waals surface area contributed by atoms with E-state index in [0.717, 1.165) is 6.42 Å². The highest BCUT2D eigenvalue weighted by Crippen LogP contribution is 2.16. The average molecular weight is 306 g/mol. The van der Waals surface area contributed by atoms with Crippen molar-refractivity contribution in [1.29, 1.82) is 5.26 Å². The Hall–Kier alpha value is -2.64. The zero-order chi connectivity index (χ0) is 16.1. The molecule has 23 heavy (non-hydrogen) atoms. The molecule has 4 nitrogen and oxygen atoms in total. The summed E-state index contributed by atoms with van der Waals surface area (Å²) in [7, 11) is 0. The number of benzene rings is 2. The SMILES string of the molecule is N#Cc1ccccc1C(=O)N1CCOC(Cc2ccccc2)C1. The molecule has 0 aliphatic carbocycles. The fourth-order valence-corrected chi connectivity index (χ4v) is 2.84. The Balaban J connectivity index is 1.71. The third kappa shape index (κ3) is 3.58. The smallest absolute Gasteiger partial charge is 0.255 e. The molecular formula is C19H18N2O2. The van der Waals surface area contributed by atoms with E-state index in [1.165, 1.54) is 5.56 Å². The molecule has 1 amide bonds. The monoisotopic (exact) mass is 306 g/mol. The quantitative estimate of drug-likeness (QED) is 0.876. The maximum Gasteiger partial charge on any atom is 0.255 e. The third-order valence-electron chi connectivity index (χ3n) is 4.01. The van der Waals surface area contributed by atoms with Crippen LogP contribution in [-0.4, -0.2) is 36.6 Å². The number of ether oxygens (including phenoxy) is 1. The Morgan fingerprint density at radius 1 is 1.17 bits per heavy atom. The number of morpholine rings is 1. The van der Waals surface area contributed by atoms with E-state index < -0.39 is 0 Å². The summed E-state index contributed by atoms with van der Waals surface area (Å²) in [6.07, 6.45) is 0.772. The fraction of sp³-hybridized carbons (Fsp3) is 0.263. The largest absolute Gasteiger partial charge is 0.374 e. The van der Waals surface area contributed by atoms with Crippen molar-refractivity contribution in [3.63, 3.8) is 0 Å². The minimum atomic E-state index is -0.0940. The van der Waals surface area contributed by atoms with Gasteiger partial charge in [0.25, 0.3) is 5.91 Å². The molecule has 3 rings (SSSR count). The predicted octanol–water partition coefficient (Wildman–Crippen LogP) is 2.64. The van der Waals surface area contributed by atoms with Crippen LogP contribution in [-0.2, 0) is 11.2 Å². The van der Waals surface area contributed by atoms with Gasteiger partial charge in [0.2, 0.25) is 0 Å². The van der Waals surface area contributed by atoms with Crippen molar-refractivity contribution < 1.29 is 9.53 Å². The van der Waals surface area contributed by atoms with Gasteiger partial charge in [-0.05, 0) is 17.7 Å². The molecule has 1 aliphatic rings. The van der Waals surface area contributed by atoms with Gasteiger partial charge in [0.1, 0.15) is 0 Å². The van der Waals surface area contributed by atoms with E-state index >= 15 is 0 Å². The van der Waals surface area contributed by atoms with Crippen LogP contribution >= 0.6 is 0 Å². The number of hydrogen-bond acceptors (Lipinski definition) is 3. The first-order chi connectivity index (χ1) is 11.3. The first kappa shape index (κ1) is 15.3. The summed E-state index contributed by atoms with van der Waals surface area (Å²) in [6.45, 7) is 1.63. The lowest BCUT2D eigenvalue weighted by molar-refractivity contribution is -0.0208. The zero-order valence-corrected chi connectivity index (χ0v) is 12.8. The molecule has 116 valence electrons. The molecule has 0 radical (unpaired) electrons. The number of hydrogen-bond donors (Lipinski definition) is 0. The highest BCUT2D eigenvalue weighted by molar-refractivity contribution is 5.96. The Morgan fingerprint density at radius 3 is 2.70 bits per heavy atom. The number of amides is 1. The van der Waals surface area contributed by atoms with Crippen molar-refractivity contribution in [3.05, 3.63) is 71.3 Å². The Labute approximate surface area is 135 Å². The van der Waals surface area contributed by atoms with Crippen LogP contribution in [0, 0.1) is 11.3 Å². The van der Waals surface area contributed by atoms with E-state index in [2.05, 4.69) is 18.2 Å².